The molecule has 2 heterocycles. The molecular formula is C12H20N4O. The lowest BCUT2D eigenvalue weighted by molar-refractivity contribution is 0.0725. The standard InChI is InChI=1S/C12H20N4O/c1-9(2)16-8-10(11(13)14-16)12(17)15-6-4-3-5-7-15/h8-9H,3-7H2,1-2H3,(H2,13,14). The Balaban J connectivity index is 2.18. The lowest BCUT2D eigenvalue weighted by atomic mass is 10.1. The first-order valence-electron chi connectivity index (χ1n) is 6.23. The van der Waals surface area contributed by atoms with Crippen molar-refractivity contribution in [2.45, 2.75) is 39.2 Å². The summed E-state index contributed by atoms with van der Waals surface area (Å²) < 4.78 is 1.74. The highest BCUT2D eigenvalue weighted by Crippen LogP contribution is 2.18. The van der Waals surface area contributed by atoms with E-state index >= 15 is 0 Å². The summed E-state index contributed by atoms with van der Waals surface area (Å²) in [5, 5.41) is 4.17. The number of piperidine rings is 1. The van der Waals surface area contributed by atoms with Gasteiger partial charge in [0.1, 0.15) is 5.56 Å². The Morgan fingerprint density at radius 3 is 2.53 bits per heavy atom. The van der Waals surface area contributed by atoms with Crippen molar-refractivity contribution < 1.29 is 4.79 Å². The summed E-state index contributed by atoms with van der Waals surface area (Å²) in [6, 6.07) is 0.222. The minimum atomic E-state index is 0.0223. The fraction of sp³-hybridized carbons (Fsp3) is 0.667. The molecule has 1 aliphatic rings. The Labute approximate surface area is 102 Å². The molecule has 5 nitrogen and oxygen atoms in total. The topological polar surface area (TPSA) is 64.2 Å². The number of hydrogen-bond acceptors (Lipinski definition) is 3. The number of nitrogens with zero attached hydrogens (tertiary/aromatic N) is 3. The predicted octanol–water partition coefficient (Wildman–Crippen LogP) is 1.67. The van der Waals surface area contributed by atoms with Crippen LogP contribution >= 0.6 is 0 Å². The lowest BCUT2D eigenvalue weighted by Gasteiger charge is -2.26. The molecule has 1 amide bonds. The summed E-state index contributed by atoms with van der Waals surface area (Å²) in [5.74, 6) is 0.364. The Hall–Kier alpha value is -1.52. The van der Waals surface area contributed by atoms with Crippen LogP contribution in [0.5, 0.6) is 0 Å². The number of anilines is 1. The highest BCUT2D eigenvalue weighted by Gasteiger charge is 2.22. The third-order valence-corrected chi connectivity index (χ3v) is 3.16. The monoisotopic (exact) mass is 236 g/mol. The van der Waals surface area contributed by atoms with Crippen molar-refractivity contribution in [1.29, 1.82) is 0 Å². The van der Waals surface area contributed by atoms with Gasteiger partial charge in [-0.1, -0.05) is 0 Å². The number of rotatable bonds is 2. The van der Waals surface area contributed by atoms with Crippen molar-refractivity contribution in [3.8, 4) is 0 Å². The molecule has 1 aromatic heterocycles. The highest BCUT2D eigenvalue weighted by atomic mass is 16.2. The molecule has 5 heteroatoms. The second-order valence-corrected chi connectivity index (χ2v) is 4.85. The molecule has 0 atom stereocenters. The smallest absolute Gasteiger partial charge is 0.259 e. The Morgan fingerprint density at radius 2 is 2.00 bits per heavy atom. The molecule has 2 N–H and O–H groups in total. The fourth-order valence-corrected chi connectivity index (χ4v) is 2.10. The van der Waals surface area contributed by atoms with Crippen molar-refractivity contribution in [2.24, 2.45) is 0 Å². The summed E-state index contributed by atoms with van der Waals surface area (Å²) in [6.45, 7) is 5.71. The van der Waals surface area contributed by atoms with E-state index in [-0.39, 0.29) is 11.9 Å². The van der Waals surface area contributed by atoms with Gasteiger partial charge in [0.25, 0.3) is 5.91 Å². The van der Waals surface area contributed by atoms with Crippen LogP contribution in [0.3, 0.4) is 0 Å². The third kappa shape index (κ3) is 2.43. The Bertz CT molecular complexity index is 405. The van der Waals surface area contributed by atoms with Gasteiger partial charge in [-0.3, -0.25) is 9.48 Å². The number of likely N-dealkylation sites (tertiary alicyclic amines) is 1. The van der Waals surface area contributed by atoms with Gasteiger partial charge in [0.2, 0.25) is 0 Å². The van der Waals surface area contributed by atoms with Crippen LogP contribution in [0.1, 0.15) is 49.5 Å². The zero-order valence-corrected chi connectivity index (χ0v) is 10.5. The van der Waals surface area contributed by atoms with Gasteiger partial charge in [0.15, 0.2) is 5.82 Å². The number of carbonyl (C=O) groups excluding carboxylic acids is 1. The largest absolute Gasteiger partial charge is 0.382 e. The van der Waals surface area contributed by atoms with Crippen molar-refractivity contribution in [1.82, 2.24) is 14.7 Å². The average molecular weight is 236 g/mol. The van der Waals surface area contributed by atoms with Crippen LogP contribution in [0.25, 0.3) is 0 Å². The third-order valence-electron chi connectivity index (χ3n) is 3.16. The van der Waals surface area contributed by atoms with Crippen LogP contribution in [-0.2, 0) is 0 Å². The molecule has 1 aromatic rings. The minimum absolute atomic E-state index is 0.0223. The highest BCUT2D eigenvalue weighted by molar-refractivity contribution is 5.98. The summed E-state index contributed by atoms with van der Waals surface area (Å²) in [5.41, 5.74) is 6.35. The van der Waals surface area contributed by atoms with Gasteiger partial charge in [-0.05, 0) is 33.1 Å². The van der Waals surface area contributed by atoms with E-state index in [2.05, 4.69) is 5.10 Å². The molecule has 0 unspecified atom stereocenters. The first-order valence-corrected chi connectivity index (χ1v) is 6.23. The van der Waals surface area contributed by atoms with Crippen LogP contribution in [-0.4, -0.2) is 33.7 Å². The molecule has 1 fully saturated rings. The number of hydrogen-bond donors (Lipinski definition) is 1. The number of carbonyl (C=O) groups is 1. The van der Waals surface area contributed by atoms with Crippen LogP contribution in [0.4, 0.5) is 5.82 Å². The van der Waals surface area contributed by atoms with E-state index in [0.29, 0.717) is 11.4 Å². The predicted molar refractivity (Wildman–Crippen MR) is 66.8 cm³/mol. The summed E-state index contributed by atoms with van der Waals surface area (Å²) in [4.78, 5) is 14.1. The van der Waals surface area contributed by atoms with Gasteiger partial charge in [-0.15, -0.1) is 0 Å². The van der Waals surface area contributed by atoms with Crippen molar-refractivity contribution >= 4 is 11.7 Å². The second kappa shape index (κ2) is 4.77. The van der Waals surface area contributed by atoms with E-state index in [1.165, 1.54) is 6.42 Å². The zero-order valence-electron chi connectivity index (χ0n) is 10.5. The van der Waals surface area contributed by atoms with Gasteiger partial charge < -0.3 is 10.6 Å². The molecule has 94 valence electrons. The molecular weight excluding hydrogens is 216 g/mol. The van der Waals surface area contributed by atoms with Crippen LogP contribution in [0.15, 0.2) is 6.20 Å². The van der Waals surface area contributed by atoms with E-state index in [4.69, 9.17) is 5.73 Å². The molecule has 0 spiro atoms. The zero-order chi connectivity index (χ0) is 12.4. The van der Waals surface area contributed by atoms with Gasteiger partial charge in [0.05, 0.1) is 0 Å². The first-order chi connectivity index (χ1) is 8.09. The van der Waals surface area contributed by atoms with E-state index in [9.17, 15) is 4.79 Å². The van der Waals surface area contributed by atoms with Gasteiger partial charge >= 0.3 is 0 Å². The maximum Gasteiger partial charge on any atom is 0.259 e. The molecule has 17 heavy (non-hydrogen) atoms. The van der Waals surface area contributed by atoms with Crippen molar-refractivity contribution in [2.75, 3.05) is 18.8 Å². The first kappa shape index (κ1) is 12.0. The number of nitrogen functional groups attached to an aromatic ring is 1. The summed E-state index contributed by atoms with van der Waals surface area (Å²) in [7, 11) is 0. The number of amides is 1. The Morgan fingerprint density at radius 1 is 1.35 bits per heavy atom. The summed E-state index contributed by atoms with van der Waals surface area (Å²) in [6.07, 6.45) is 5.15. The molecule has 1 aliphatic heterocycles. The second-order valence-electron chi connectivity index (χ2n) is 4.85. The molecule has 0 bridgehead atoms. The van der Waals surface area contributed by atoms with E-state index in [1.807, 2.05) is 18.7 Å². The lowest BCUT2D eigenvalue weighted by Crippen LogP contribution is -2.35. The molecule has 0 aromatic carbocycles. The SMILES string of the molecule is CC(C)n1cc(C(=O)N2CCCCC2)c(N)n1. The fourth-order valence-electron chi connectivity index (χ4n) is 2.10. The minimum Gasteiger partial charge on any atom is -0.382 e. The molecule has 0 radical (unpaired) electrons. The molecule has 2 rings (SSSR count). The molecule has 0 aliphatic carbocycles. The normalized spacial score (nSPS) is 16.5. The van der Waals surface area contributed by atoms with E-state index in [0.717, 1.165) is 25.9 Å². The molecule has 0 saturated carbocycles. The van der Waals surface area contributed by atoms with Crippen LogP contribution in [0.2, 0.25) is 0 Å². The van der Waals surface area contributed by atoms with E-state index < -0.39 is 0 Å². The van der Waals surface area contributed by atoms with Gasteiger partial charge in [0, 0.05) is 25.3 Å². The van der Waals surface area contributed by atoms with Crippen molar-refractivity contribution in [3.05, 3.63) is 11.8 Å². The molecule has 1 saturated heterocycles. The number of aromatic nitrogens is 2. The van der Waals surface area contributed by atoms with Crippen LogP contribution < -0.4 is 5.73 Å². The summed E-state index contributed by atoms with van der Waals surface area (Å²) >= 11 is 0. The Kier molecular flexibility index (Phi) is 3.36. The van der Waals surface area contributed by atoms with Gasteiger partial charge in [-0.25, -0.2) is 0 Å². The number of nitrogens with two attached hydrogens (primary N) is 1. The maximum absolute atomic E-state index is 12.2. The average Bonchev–Trinajstić information content (AvgIpc) is 2.72. The van der Waals surface area contributed by atoms with Gasteiger partial charge in [-0.2, -0.15) is 5.10 Å². The quantitative estimate of drug-likeness (QED) is 0.849. The van der Waals surface area contributed by atoms with E-state index in [1.54, 1.807) is 10.9 Å². The maximum atomic E-state index is 12.2. The van der Waals surface area contributed by atoms with Crippen LogP contribution in [0, 0.1) is 0 Å². The van der Waals surface area contributed by atoms with Crippen molar-refractivity contribution in [3.63, 3.8) is 0 Å².